The van der Waals surface area contributed by atoms with Crippen molar-refractivity contribution in [2.24, 2.45) is 7.05 Å². The minimum Gasteiger partial charge on any atom is -0.379 e. The highest BCUT2D eigenvalue weighted by atomic mass is 32.2. The van der Waals surface area contributed by atoms with Gasteiger partial charge in [0.2, 0.25) is 5.91 Å². The molecule has 1 fully saturated rings. The number of nitrogens with zero attached hydrogens (tertiary/aromatic N) is 3. The average Bonchev–Trinajstić information content (AvgIpc) is 3.09. The fraction of sp³-hybridized carbons (Fsp3) is 0.632. The van der Waals surface area contributed by atoms with Gasteiger partial charge < -0.3 is 10.1 Å². The monoisotopic (exact) mass is 422 g/mol. The minimum absolute atomic E-state index is 0.0135. The molecule has 4 rings (SSSR count). The second-order valence-corrected chi connectivity index (χ2v) is 9.27. The first-order valence-electron chi connectivity index (χ1n) is 9.84. The van der Waals surface area contributed by atoms with E-state index in [4.69, 9.17) is 9.72 Å². The van der Waals surface area contributed by atoms with Crippen LogP contribution in [0.5, 0.6) is 0 Å². The molecule has 1 N–H and O–H groups in total. The Morgan fingerprint density at radius 2 is 2.07 bits per heavy atom. The molecule has 0 saturated carbocycles. The van der Waals surface area contributed by atoms with Crippen LogP contribution in [0.25, 0.3) is 10.2 Å². The number of thioether (sulfide) groups is 1. The van der Waals surface area contributed by atoms with Crippen molar-refractivity contribution < 1.29 is 9.53 Å². The maximum Gasteiger partial charge on any atom is 0.262 e. The van der Waals surface area contributed by atoms with Crippen molar-refractivity contribution in [2.75, 3.05) is 45.1 Å². The molecule has 3 heterocycles. The van der Waals surface area contributed by atoms with Gasteiger partial charge in [0, 0.05) is 38.1 Å². The van der Waals surface area contributed by atoms with E-state index < -0.39 is 0 Å². The molecule has 1 aliphatic carbocycles. The van der Waals surface area contributed by atoms with E-state index in [1.807, 2.05) is 0 Å². The lowest BCUT2D eigenvalue weighted by molar-refractivity contribution is -0.118. The topological polar surface area (TPSA) is 76.5 Å². The Kier molecular flexibility index (Phi) is 6.35. The van der Waals surface area contributed by atoms with Gasteiger partial charge in [0.25, 0.3) is 5.56 Å². The van der Waals surface area contributed by atoms with E-state index in [1.165, 1.54) is 28.6 Å². The predicted octanol–water partition coefficient (Wildman–Crippen LogP) is 1.41. The third-order valence-corrected chi connectivity index (χ3v) is 7.56. The summed E-state index contributed by atoms with van der Waals surface area (Å²) in [5.41, 5.74) is 1.22. The minimum atomic E-state index is -0.0296. The van der Waals surface area contributed by atoms with E-state index in [0.29, 0.717) is 11.7 Å². The van der Waals surface area contributed by atoms with Gasteiger partial charge in [0.1, 0.15) is 4.83 Å². The highest BCUT2D eigenvalue weighted by molar-refractivity contribution is 7.99. The van der Waals surface area contributed by atoms with E-state index in [2.05, 4.69) is 10.2 Å². The van der Waals surface area contributed by atoms with Gasteiger partial charge in [-0.15, -0.1) is 11.3 Å². The van der Waals surface area contributed by atoms with Crippen molar-refractivity contribution in [3.05, 3.63) is 20.8 Å². The number of ether oxygens (including phenoxy) is 1. The van der Waals surface area contributed by atoms with Crippen molar-refractivity contribution in [3.63, 3.8) is 0 Å². The molecule has 1 saturated heterocycles. The Hall–Kier alpha value is -1.42. The lowest BCUT2D eigenvalue weighted by atomic mass is 9.97. The van der Waals surface area contributed by atoms with Crippen LogP contribution in [0.1, 0.15) is 23.3 Å². The third-order valence-electron chi connectivity index (χ3n) is 5.34. The smallest absolute Gasteiger partial charge is 0.262 e. The number of hydrogen-bond donors (Lipinski definition) is 1. The Balaban J connectivity index is 1.37. The number of aromatic nitrogens is 2. The Labute approximate surface area is 172 Å². The normalized spacial score (nSPS) is 17.6. The number of nitrogens with one attached hydrogen (secondary N) is 1. The quantitative estimate of drug-likeness (QED) is 0.560. The van der Waals surface area contributed by atoms with Crippen LogP contribution in [0.3, 0.4) is 0 Å². The number of morpholine rings is 1. The van der Waals surface area contributed by atoms with E-state index in [1.54, 1.807) is 23.0 Å². The van der Waals surface area contributed by atoms with Gasteiger partial charge in [-0.25, -0.2) is 4.98 Å². The van der Waals surface area contributed by atoms with E-state index >= 15 is 0 Å². The molecular formula is C19H26N4O3S2. The standard InChI is InChI=1S/C19H26N4O3S2/c1-22-18(25)16-13-4-2-3-5-14(13)28-17(16)21-19(22)27-12-15(24)20-6-7-23-8-10-26-11-9-23/h2-12H2,1H3,(H,20,24). The summed E-state index contributed by atoms with van der Waals surface area (Å²) in [4.78, 5) is 34.2. The maximum atomic E-state index is 12.9. The second-order valence-electron chi connectivity index (χ2n) is 7.24. The van der Waals surface area contributed by atoms with E-state index in [9.17, 15) is 9.59 Å². The summed E-state index contributed by atoms with van der Waals surface area (Å²) in [7, 11) is 1.75. The highest BCUT2D eigenvalue weighted by Gasteiger charge is 2.21. The molecule has 0 aromatic carbocycles. The van der Waals surface area contributed by atoms with Gasteiger partial charge in [-0.1, -0.05) is 11.8 Å². The number of aryl methyl sites for hydroxylation is 2. The van der Waals surface area contributed by atoms with Crippen molar-refractivity contribution in [1.29, 1.82) is 0 Å². The lowest BCUT2D eigenvalue weighted by Gasteiger charge is -2.26. The molecule has 0 unspecified atom stereocenters. The van der Waals surface area contributed by atoms with Crippen molar-refractivity contribution in [2.45, 2.75) is 30.8 Å². The number of carbonyl (C=O) groups excluding carboxylic acids is 1. The number of rotatable bonds is 6. The molecule has 2 aromatic heterocycles. The zero-order valence-corrected chi connectivity index (χ0v) is 17.8. The van der Waals surface area contributed by atoms with Crippen molar-refractivity contribution in [3.8, 4) is 0 Å². The summed E-state index contributed by atoms with van der Waals surface area (Å²) in [6.07, 6.45) is 4.35. The molecule has 2 aliphatic rings. The summed E-state index contributed by atoms with van der Waals surface area (Å²) in [5.74, 6) is 0.234. The van der Waals surface area contributed by atoms with Gasteiger partial charge in [0.05, 0.1) is 24.4 Å². The average molecular weight is 423 g/mol. The molecular weight excluding hydrogens is 396 g/mol. The van der Waals surface area contributed by atoms with Crippen molar-refractivity contribution >= 4 is 39.2 Å². The molecule has 0 spiro atoms. The summed E-state index contributed by atoms with van der Waals surface area (Å²) in [6.45, 7) is 4.82. The van der Waals surface area contributed by atoms with Crippen LogP contribution < -0.4 is 10.9 Å². The molecule has 0 bridgehead atoms. The summed E-state index contributed by atoms with van der Waals surface area (Å²) < 4.78 is 6.92. The third kappa shape index (κ3) is 4.27. The highest BCUT2D eigenvalue weighted by Crippen LogP contribution is 2.34. The molecule has 0 atom stereocenters. The predicted molar refractivity (Wildman–Crippen MR) is 112 cm³/mol. The molecule has 9 heteroatoms. The first-order chi connectivity index (χ1) is 13.6. The molecule has 0 radical (unpaired) electrons. The SMILES string of the molecule is Cn1c(SCC(=O)NCCN2CCOCC2)nc2sc3c(c2c1=O)CCCC3. The fourth-order valence-electron chi connectivity index (χ4n) is 3.76. The summed E-state index contributed by atoms with van der Waals surface area (Å²) in [5, 5.41) is 4.36. The first kappa shape index (κ1) is 19.9. The summed E-state index contributed by atoms with van der Waals surface area (Å²) in [6, 6.07) is 0. The number of amides is 1. The van der Waals surface area contributed by atoms with Crippen molar-refractivity contribution in [1.82, 2.24) is 19.8 Å². The number of hydrogen-bond acceptors (Lipinski definition) is 7. The lowest BCUT2D eigenvalue weighted by Crippen LogP contribution is -2.41. The van der Waals surface area contributed by atoms with Gasteiger partial charge in [-0.3, -0.25) is 19.1 Å². The Bertz CT molecular complexity index is 918. The van der Waals surface area contributed by atoms with Crippen LogP contribution >= 0.6 is 23.1 Å². The molecule has 1 aliphatic heterocycles. The van der Waals surface area contributed by atoms with Crippen LogP contribution in [0.4, 0.5) is 0 Å². The number of thiophene rings is 1. The molecule has 152 valence electrons. The van der Waals surface area contributed by atoms with E-state index in [0.717, 1.165) is 62.3 Å². The van der Waals surface area contributed by atoms with Gasteiger partial charge in [0.15, 0.2) is 5.16 Å². The molecule has 1 amide bonds. The van der Waals surface area contributed by atoms with E-state index in [-0.39, 0.29) is 17.2 Å². The zero-order valence-electron chi connectivity index (χ0n) is 16.2. The van der Waals surface area contributed by atoms with Crippen LogP contribution in [0, 0.1) is 0 Å². The molecule has 2 aromatic rings. The summed E-state index contributed by atoms with van der Waals surface area (Å²) >= 11 is 2.98. The molecule has 28 heavy (non-hydrogen) atoms. The van der Waals surface area contributed by atoms with Crippen LogP contribution in [-0.2, 0) is 29.4 Å². The van der Waals surface area contributed by atoms with Gasteiger partial charge in [-0.2, -0.15) is 0 Å². The Morgan fingerprint density at radius 1 is 1.29 bits per heavy atom. The number of carbonyl (C=O) groups is 1. The largest absolute Gasteiger partial charge is 0.379 e. The van der Waals surface area contributed by atoms with Gasteiger partial charge >= 0.3 is 0 Å². The van der Waals surface area contributed by atoms with Crippen LogP contribution in [-0.4, -0.2) is 65.5 Å². The number of fused-ring (bicyclic) bond motifs is 3. The van der Waals surface area contributed by atoms with Crippen LogP contribution in [0.15, 0.2) is 9.95 Å². The zero-order chi connectivity index (χ0) is 19.5. The Morgan fingerprint density at radius 3 is 2.89 bits per heavy atom. The second kappa shape index (κ2) is 8.94. The first-order valence-corrected chi connectivity index (χ1v) is 11.6. The maximum absolute atomic E-state index is 12.9. The van der Waals surface area contributed by atoms with Gasteiger partial charge in [-0.05, 0) is 31.2 Å². The molecule has 7 nitrogen and oxygen atoms in total. The van der Waals surface area contributed by atoms with Crippen LogP contribution in [0.2, 0.25) is 0 Å². The fourth-order valence-corrected chi connectivity index (χ4v) is 5.86.